The predicted octanol–water partition coefficient (Wildman–Crippen LogP) is 5.57. The number of rotatable bonds is 4. The molecule has 1 aliphatic heterocycles. The molecule has 0 saturated carbocycles. The van der Waals surface area contributed by atoms with Crippen LogP contribution in [0.3, 0.4) is 0 Å². The van der Waals surface area contributed by atoms with Gasteiger partial charge in [-0.25, -0.2) is 4.68 Å². The maximum Gasteiger partial charge on any atom is 0.255 e. The van der Waals surface area contributed by atoms with Crippen LogP contribution >= 0.6 is 23.2 Å². The number of carbonyl (C=O) groups excluding carboxylic acids is 1. The molecule has 0 bridgehead atoms. The zero-order chi connectivity index (χ0) is 22.9. The second-order valence-electron chi connectivity index (χ2n) is 7.50. The van der Waals surface area contributed by atoms with Crippen molar-refractivity contribution in [3.05, 3.63) is 99.9 Å². The maximum atomic E-state index is 13.4. The first-order chi connectivity index (χ1) is 16.0. The minimum atomic E-state index is -0.591. The number of fused-ring (bicyclic) bond motifs is 1. The van der Waals surface area contributed by atoms with Crippen molar-refractivity contribution in [3.63, 3.8) is 0 Å². The monoisotopic (exact) mass is 476 g/mol. The molecule has 3 heterocycles. The highest BCUT2D eigenvalue weighted by Crippen LogP contribution is 2.39. The van der Waals surface area contributed by atoms with Crippen molar-refractivity contribution >= 4 is 40.7 Å². The molecule has 1 aliphatic rings. The Morgan fingerprint density at radius 2 is 1.94 bits per heavy atom. The first-order valence-corrected chi connectivity index (χ1v) is 10.9. The van der Waals surface area contributed by atoms with Gasteiger partial charge in [0.2, 0.25) is 5.95 Å². The lowest BCUT2D eigenvalue weighted by Crippen LogP contribution is -2.31. The normalized spacial score (nSPS) is 15.1. The van der Waals surface area contributed by atoms with Gasteiger partial charge < -0.3 is 10.6 Å². The van der Waals surface area contributed by atoms with Crippen LogP contribution < -0.4 is 10.6 Å². The lowest BCUT2D eigenvalue weighted by Gasteiger charge is -2.29. The summed E-state index contributed by atoms with van der Waals surface area (Å²) in [6.45, 7) is 1.83. The highest BCUT2D eigenvalue weighted by molar-refractivity contribution is 6.31. The van der Waals surface area contributed by atoms with Crippen molar-refractivity contribution in [1.82, 2.24) is 19.7 Å². The van der Waals surface area contributed by atoms with Crippen molar-refractivity contribution in [3.8, 4) is 11.4 Å². The van der Waals surface area contributed by atoms with Crippen LogP contribution in [0.2, 0.25) is 10.0 Å². The van der Waals surface area contributed by atoms with Gasteiger partial charge in [0.25, 0.3) is 5.91 Å². The number of anilines is 2. The highest BCUT2D eigenvalue weighted by Gasteiger charge is 2.35. The van der Waals surface area contributed by atoms with Gasteiger partial charge in [0.1, 0.15) is 6.04 Å². The molecule has 7 nitrogen and oxygen atoms in total. The molecule has 1 unspecified atom stereocenters. The zero-order valence-electron chi connectivity index (χ0n) is 17.5. The second kappa shape index (κ2) is 8.69. The number of halogens is 2. The van der Waals surface area contributed by atoms with Crippen LogP contribution in [-0.4, -0.2) is 25.7 Å². The van der Waals surface area contributed by atoms with E-state index in [9.17, 15) is 4.79 Å². The highest BCUT2D eigenvalue weighted by atomic mass is 35.5. The van der Waals surface area contributed by atoms with Crippen LogP contribution in [0, 0.1) is 0 Å². The molecule has 0 aliphatic carbocycles. The van der Waals surface area contributed by atoms with E-state index >= 15 is 0 Å². The molecule has 2 aromatic heterocycles. The second-order valence-corrected chi connectivity index (χ2v) is 8.34. The molecule has 9 heteroatoms. The molecule has 0 spiro atoms. The molecule has 164 valence electrons. The number of pyridine rings is 1. The summed E-state index contributed by atoms with van der Waals surface area (Å²) in [5.74, 6) is 0.701. The quantitative estimate of drug-likeness (QED) is 0.401. The van der Waals surface area contributed by atoms with Gasteiger partial charge in [-0.1, -0.05) is 53.5 Å². The van der Waals surface area contributed by atoms with Gasteiger partial charge >= 0.3 is 0 Å². The van der Waals surface area contributed by atoms with Gasteiger partial charge in [0.15, 0.2) is 5.82 Å². The fraction of sp³-hybridized carbons (Fsp3) is 0.0833. The number of hydrogen-bond donors (Lipinski definition) is 2. The first-order valence-electron chi connectivity index (χ1n) is 10.2. The van der Waals surface area contributed by atoms with Crippen LogP contribution in [0.25, 0.3) is 11.4 Å². The minimum Gasteiger partial charge on any atom is -0.328 e. The number of allylic oxidation sites excluding steroid dienone is 1. The standard InChI is InChI=1S/C24H18Cl2N6O/c1-14-20(23(33)29-17-8-5-11-27-13-17)21(18-9-2-3-10-19(18)26)32-24(28-14)30-22(31-32)15-6-4-7-16(25)12-15/h2-13,21H,1H3,(H,29,33)(H,28,30,31). The predicted molar refractivity (Wildman–Crippen MR) is 129 cm³/mol. The minimum absolute atomic E-state index is 0.289. The van der Waals surface area contributed by atoms with Gasteiger partial charge in [0, 0.05) is 33.1 Å². The van der Waals surface area contributed by atoms with E-state index in [2.05, 4.69) is 20.6 Å². The third-order valence-corrected chi connectivity index (χ3v) is 5.88. The Bertz CT molecular complexity index is 1380. The van der Waals surface area contributed by atoms with Gasteiger partial charge in [-0.05, 0) is 37.3 Å². The molecule has 5 rings (SSSR count). The van der Waals surface area contributed by atoms with Crippen LogP contribution in [-0.2, 0) is 4.79 Å². The fourth-order valence-electron chi connectivity index (χ4n) is 3.81. The third-order valence-electron chi connectivity index (χ3n) is 5.30. The summed E-state index contributed by atoms with van der Waals surface area (Å²) < 4.78 is 1.68. The van der Waals surface area contributed by atoms with E-state index in [1.165, 1.54) is 0 Å². The lowest BCUT2D eigenvalue weighted by molar-refractivity contribution is -0.113. The number of aromatic nitrogens is 4. The van der Waals surface area contributed by atoms with Gasteiger partial charge in [-0.15, -0.1) is 5.10 Å². The average Bonchev–Trinajstić information content (AvgIpc) is 3.23. The molecule has 33 heavy (non-hydrogen) atoms. The van der Waals surface area contributed by atoms with Crippen LogP contribution in [0.5, 0.6) is 0 Å². The maximum absolute atomic E-state index is 13.4. The largest absolute Gasteiger partial charge is 0.328 e. The van der Waals surface area contributed by atoms with Crippen molar-refractivity contribution in [2.24, 2.45) is 0 Å². The number of amides is 1. The van der Waals surface area contributed by atoms with E-state index in [4.69, 9.17) is 28.3 Å². The van der Waals surface area contributed by atoms with E-state index in [1.807, 2.05) is 37.3 Å². The third kappa shape index (κ3) is 4.08. The number of nitrogens with zero attached hydrogens (tertiary/aromatic N) is 4. The number of nitrogens with one attached hydrogen (secondary N) is 2. The number of benzene rings is 2. The summed E-state index contributed by atoms with van der Waals surface area (Å²) in [5.41, 5.74) is 3.22. The summed E-state index contributed by atoms with van der Waals surface area (Å²) in [6, 6.07) is 17.7. The van der Waals surface area contributed by atoms with E-state index in [0.717, 1.165) is 11.1 Å². The Kier molecular flexibility index (Phi) is 5.58. The molecule has 4 aromatic rings. The molecule has 1 atom stereocenters. The molecule has 0 saturated heterocycles. The first kappa shape index (κ1) is 21.2. The summed E-state index contributed by atoms with van der Waals surface area (Å²) >= 11 is 12.8. The SMILES string of the molecule is CC1=C(C(=O)Nc2cccnc2)C(c2ccccc2Cl)n2nc(-c3cccc(Cl)c3)nc2N1. The summed E-state index contributed by atoms with van der Waals surface area (Å²) in [5, 5.41) is 12.0. The van der Waals surface area contributed by atoms with Crippen LogP contribution in [0.4, 0.5) is 11.6 Å². The average molecular weight is 477 g/mol. The van der Waals surface area contributed by atoms with Gasteiger partial charge in [0.05, 0.1) is 17.5 Å². The van der Waals surface area contributed by atoms with E-state index < -0.39 is 6.04 Å². The van der Waals surface area contributed by atoms with Crippen molar-refractivity contribution in [2.45, 2.75) is 13.0 Å². The molecular weight excluding hydrogens is 459 g/mol. The Labute approximate surface area is 200 Å². The van der Waals surface area contributed by atoms with E-state index in [0.29, 0.717) is 38.8 Å². The molecule has 0 fully saturated rings. The topological polar surface area (TPSA) is 84.7 Å². The van der Waals surface area contributed by atoms with E-state index in [-0.39, 0.29) is 5.91 Å². The van der Waals surface area contributed by atoms with Crippen molar-refractivity contribution in [2.75, 3.05) is 10.6 Å². The molecule has 2 aromatic carbocycles. The molecule has 0 radical (unpaired) electrons. The Morgan fingerprint density at radius 1 is 1.09 bits per heavy atom. The Morgan fingerprint density at radius 3 is 2.70 bits per heavy atom. The summed E-state index contributed by atoms with van der Waals surface area (Å²) in [7, 11) is 0. The number of carbonyl (C=O) groups is 1. The lowest BCUT2D eigenvalue weighted by atomic mass is 9.95. The van der Waals surface area contributed by atoms with Gasteiger partial charge in [-0.3, -0.25) is 9.78 Å². The Balaban J connectivity index is 1.63. The van der Waals surface area contributed by atoms with Crippen molar-refractivity contribution < 1.29 is 4.79 Å². The molecule has 1 amide bonds. The van der Waals surface area contributed by atoms with Gasteiger partial charge in [-0.2, -0.15) is 4.98 Å². The van der Waals surface area contributed by atoms with E-state index in [1.54, 1.807) is 47.4 Å². The molecular formula is C24H18Cl2N6O. The van der Waals surface area contributed by atoms with Crippen LogP contribution in [0.1, 0.15) is 18.5 Å². The van der Waals surface area contributed by atoms with Crippen molar-refractivity contribution in [1.29, 1.82) is 0 Å². The number of hydrogen-bond acceptors (Lipinski definition) is 5. The smallest absolute Gasteiger partial charge is 0.255 e. The molecule has 2 N–H and O–H groups in total. The fourth-order valence-corrected chi connectivity index (χ4v) is 4.24. The summed E-state index contributed by atoms with van der Waals surface area (Å²) in [4.78, 5) is 22.2. The van der Waals surface area contributed by atoms with Crippen LogP contribution in [0.15, 0.2) is 84.3 Å². The summed E-state index contributed by atoms with van der Waals surface area (Å²) in [6.07, 6.45) is 3.24. The zero-order valence-corrected chi connectivity index (χ0v) is 19.0. The Hall–Kier alpha value is -3.68.